The molecule has 4 saturated carbocycles. The highest BCUT2D eigenvalue weighted by Gasteiger charge is 2.70. The first-order valence-electron chi connectivity index (χ1n) is 19.7. The number of carboxylic acid groups (broad SMARTS) is 2. The molecule has 282 valence electrons. The molecule has 0 aromatic heterocycles. The van der Waals surface area contributed by atoms with E-state index in [4.69, 9.17) is 0 Å². The van der Waals surface area contributed by atoms with Gasteiger partial charge in [0.15, 0.2) is 0 Å². The highest BCUT2D eigenvalue weighted by Crippen LogP contribution is 2.76. The van der Waals surface area contributed by atoms with Crippen LogP contribution in [0.5, 0.6) is 0 Å². The molecule has 9 nitrogen and oxygen atoms in total. The van der Waals surface area contributed by atoms with Crippen molar-refractivity contribution in [2.75, 3.05) is 13.1 Å². The number of hydrogen-bond donors (Lipinski definition) is 4. The molecule has 10 unspecified atom stereocenters. The summed E-state index contributed by atoms with van der Waals surface area (Å²) >= 11 is 0. The minimum Gasteiger partial charge on any atom is -0.481 e. The second kappa shape index (κ2) is 12.5. The highest BCUT2D eigenvalue weighted by atomic mass is 16.4. The lowest BCUT2D eigenvalue weighted by Crippen LogP contribution is -2.69. The molecule has 7 rings (SSSR count). The van der Waals surface area contributed by atoms with Crippen LogP contribution in [0, 0.1) is 51.2 Å². The molecule has 4 N–H and O–H groups in total. The van der Waals surface area contributed by atoms with Gasteiger partial charge in [0.05, 0.1) is 12.0 Å². The zero-order valence-electron chi connectivity index (χ0n) is 32.0. The number of allylic oxidation sites excluding steroid dienone is 3. The maximum Gasteiger partial charge on any atom is 0.335 e. The molecule has 1 heterocycles. The van der Waals surface area contributed by atoms with E-state index < -0.39 is 35.8 Å². The largest absolute Gasteiger partial charge is 0.481 e. The molecule has 0 radical (unpaired) electrons. The molecule has 3 amide bonds. The molecule has 9 heteroatoms. The molecule has 10 atom stereocenters. The van der Waals surface area contributed by atoms with Gasteiger partial charge in [-0.1, -0.05) is 65.0 Å². The molecular formula is C43H59N3O6. The van der Waals surface area contributed by atoms with Crippen LogP contribution < -0.4 is 10.6 Å². The summed E-state index contributed by atoms with van der Waals surface area (Å²) in [5.74, 6) is -0.429. The van der Waals surface area contributed by atoms with Gasteiger partial charge in [0.2, 0.25) is 5.91 Å². The predicted molar refractivity (Wildman–Crippen MR) is 200 cm³/mol. The van der Waals surface area contributed by atoms with Crippen molar-refractivity contribution < 1.29 is 29.4 Å². The number of nitrogens with zero attached hydrogens (tertiary/aromatic N) is 1. The average Bonchev–Trinajstić information content (AvgIpc) is 3.45. The van der Waals surface area contributed by atoms with Gasteiger partial charge in [0, 0.05) is 18.6 Å². The minimum absolute atomic E-state index is 0.0663. The number of carbonyl (C=O) groups excluding carboxylic acids is 2. The van der Waals surface area contributed by atoms with Crippen molar-refractivity contribution >= 4 is 29.5 Å². The van der Waals surface area contributed by atoms with Crippen LogP contribution in [-0.4, -0.2) is 63.7 Å². The Kier molecular flexibility index (Phi) is 8.81. The van der Waals surface area contributed by atoms with Gasteiger partial charge in [-0.3, -0.25) is 9.59 Å². The molecule has 0 bridgehead atoms. The Morgan fingerprint density at radius 1 is 0.923 bits per heavy atom. The van der Waals surface area contributed by atoms with E-state index in [-0.39, 0.29) is 33.6 Å². The van der Waals surface area contributed by atoms with Crippen LogP contribution >= 0.6 is 0 Å². The number of carbonyl (C=O) groups is 4. The number of fused-ring (bicyclic) bond motifs is 7. The number of aromatic carboxylic acids is 1. The van der Waals surface area contributed by atoms with E-state index in [1.165, 1.54) is 16.0 Å². The third-order valence-electron chi connectivity index (χ3n) is 16.4. The van der Waals surface area contributed by atoms with Crippen LogP contribution in [0.1, 0.15) is 122 Å². The van der Waals surface area contributed by atoms with Crippen molar-refractivity contribution in [3.63, 3.8) is 0 Å². The topological polar surface area (TPSA) is 136 Å². The SMILES string of the molecule is C=C(C)C1CCC2(NC(=O)N3CCNC(=O)C3CC(=O)O)CCC3(C)C(CCC4C5(C)CC=C(c6ccc(C(=O)O)cc6)C(C)(C)C5CCC43C)C12. The van der Waals surface area contributed by atoms with Crippen molar-refractivity contribution in [3.8, 4) is 0 Å². The second-order valence-electron chi connectivity index (χ2n) is 18.8. The van der Waals surface area contributed by atoms with Crippen LogP contribution in [-0.2, 0) is 9.59 Å². The number of benzene rings is 1. The van der Waals surface area contributed by atoms with Crippen LogP contribution in [0.15, 0.2) is 42.5 Å². The van der Waals surface area contributed by atoms with Crippen molar-refractivity contribution in [3.05, 3.63) is 53.6 Å². The first-order chi connectivity index (χ1) is 24.4. The molecule has 6 aliphatic rings. The number of carboxylic acids is 2. The monoisotopic (exact) mass is 713 g/mol. The molecule has 1 aliphatic heterocycles. The van der Waals surface area contributed by atoms with Gasteiger partial charge in [0.25, 0.3) is 0 Å². The van der Waals surface area contributed by atoms with E-state index >= 15 is 0 Å². The average molecular weight is 714 g/mol. The summed E-state index contributed by atoms with van der Waals surface area (Å²) in [7, 11) is 0. The summed E-state index contributed by atoms with van der Waals surface area (Å²) < 4.78 is 0. The maximum absolute atomic E-state index is 14.2. The predicted octanol–water partition coefficient (Wildman–Crippen LogP) is 7.77. The first-order valence-corrected chi connectivity index (χ1v) is 19.7. The Hall–Kier alpha value is -3.62. The fourth-order valence-electron chi connectivity index (χ4n) is 13.9. The fraction of sp³-hybridized carbons (Fsp3) is 0.674. The maximum atomic E-state index is 14.2. The van der Waals surface area contributed by atoms with Crippen LogP contribution in [0.4, 0.5) is 4.79 Å². The summed E-state index contributed by atoms with van der Waals surface area (Å²) in [6, 6.07) is 6.10. The third-order valence-corrected chi connectivity index (χ3v) is 16.4. The Bertz CT molecular complexity index is 1720. The molecule has 52 heavy (non-hydrogen) atoms. The lowest BCUT2D eigenvalue weighted by molar-refractivity contribution is -0.218. The van der Waals surface area contributed by atoms with Gasteiger partial charge in [-0.05, 0) is 139 Å². The van der Waals surface area contributed by atoms with Gasteiger partial charge in [0.1, 0.15) is 6.04 Å². The minimum atomic E-state index is -1.09. The quantitative estimate of drug-likeness (QED) is 0.223. The molecule has 5 fully saturated rings. The normalized spacial score (nSPS) is 40.5. The molecule has 1 aromatic carbocycles. The van der Waals surface area contributed by atoms with E-state index in [0.717, 1.165) is 63.4 Å². The Labute approximate surface area is 309 Å². The summed E-state index contributed by atoms with van der Waals surface area (Å²) in [6.45, 7) is 19.8. The standard InChI is InChI=1S/C43H59N3O6/c1-25(2)28-14-19-43(45-38(52)46-23-22-44-36(49)31(46)24-34(47)48)21-20-41(6)30(35(28)43)12-13-33-40(5)17-15-29(26-8-10-27(11-9-26)37(50)51)39(3,4)32(40)16-18-42(33,41)7/h8-11,15,28,30-33,35H,1,12-14,16-24H2,2-7H3,(H,44,49)(H,45,52)(H,47,48)(H,50,51). The summed E-state index contributed by atoms with van der Waals surface area (Å²) in [4.78, 5) is 51.7. The number of nitrogens with one attached hydrogen (secondary N) is 2. The molecule has 1 aromatic rings. The number of aliphatic carboxylic acids is 1. The van der Waals surface area contributed by atoms with Crippen LogP contribution in [0.25, 0.3) is 5.57 Å². The van der Waals surface area contributed by atoms with Crippen molar-refractivity contribution in [2.45, 2.75) is 117 Å². The number of rotatable bonds is 6. The highest BCUT2D eigenvalue weighted by molar-refractivity contribution is 5.91. The Morgan fingerprint density at radius 3 is 2.29 bits per heavy atom. The number of hydrogen-bond acceptors (Lipinski definition) is 4. The molecule has 5 aliphatic carbocycles. The third kappa shape index (κ3) is 5.29. The van der Waals surface area contributed by atoms with Gasteiger partial charge in [-0.2, -0.15) is 0 Å². The summed E-state index contributed by atoms with van der Waals surface area (Å²) in [5, 5.41) is 25.3. The molecule has 1 saturated heterocycles. The Morgan fingerprint density at radius 2 is 1.63 bits per heavy atom. The zero-order valence-corrected chi connectivity index (χ0v) is 32.0. The van der Waals surface area contributed by atoms with Crippen LogP contribution in [0.3, 0.4) is 0 Å². The number of piperazine rings is 1. The Balaban J connectivity index is 1.19. The van der Waals surface area contributed by atoms with E-state index in [9.17, 15) is 29.4 Å². The van der Waals surface area contributed by atoms with Gasteiger partial charge in [-0.25, -0.2) is 9.59 Å². The smallest absolute Gasteiger partial charge is 0.335 e. The van der Waals surface area contributed by atoms with Gasteiger partial charge >= 0.3 is 18.0 Å². The zero-order chi connectivity index (χ0) is 37.6. The number of amides is 3. The van der Waals surface area contributed by atoms with Crippen LogP contribution in [0.2, 0.25) is 0 Å². The van der Waals surface area contributed by atoms with E-state index in [2.05, 4.69) is 64.8 Å². The lowest BCUT2D eigenvalue weighted by atomic mass is 9.33. The van der Waals surface area contributed by atoms with Crippen molar-refractivity contribution in [2.24, 2.45) is 51.2 Å². The lowest BCUT2D eigenvalue weighted by Gasteiger charge is -2.72. The number of urea groups is 1. The molecular weight excluding hydrogens is 654 g/mol. The van der Waals surface area contributed by atoms with E-state index in [1.807, 2.05) is 12.1 Å². The second-order valence-corrected chi connectivity index (χ2v) is 18.8. The summed E-state index contributed by atoms with van der Waals surface area (Å²) in [6.07, 6.45) is 11.3. The van der Waals surface area contributed by atoms with Gasteiger partial charge < -0.3 is 25.7 Å². The van der Waals surface area contributed by atoms with Gasteiger partial charge in [-0.15, -0.1) is 0 Å². The van der Waals surface area contributed by atoms with E-state index in [0.29, 0.717) is 42.3 Å². The molecule has 0 spiro atoms. The van der Waals surface area contributed by atoms with Crippen molar-refractivity contribution in [1.82, 2.24) is 15.5 Å². The fourth-order valence-corrected chi connectivity index (χ4v) is 13.9. The van der Waals surface area contributed by atoms with E-state index in [1.54, 1.807) is 12.1 Å². The first kappa shape index (κ1) is 36.7. The summed E-state index contributed by atoms with van der Waals surface area (Å²) in [5.41, 5.74) is 3.77. The van der Waals surface area contributed by atoms with Crippen molar-refractivity contribution in [1.29, 1.82) is 0 Å².